The minimum atomic E-state index is -4.55. The SMILES string of the molecule is CC(C)[C@@H]1CN(c2cccc(S(C)(=O)=O)c2)CCN1c1nc(C(F)(F)F)ccc1Cl. The number of sulfone groups is 1. The van der Waals surface area contributed by atoms with Crippen molar-refractivity contribution in [3.05, 3.63) is 47.1 Å². The van der Waals surface area contributed by atoms with Crippen molar-refractivity contribution < 1.29 is 21.6 Å². The Morgan fingerprint density at radius 1 is 1.17 bits per heavy atom. The van der Waals surface area contributed by atoms with Crippen molar-refractivity contribution in [2.45, 2.75) is 31.0 Å². The van der Waals surface area contributed by atoms with Crippen LogP contribution in [0.25, 0.3) is 0 Å². The van der Waals surface area contributed by atoms with E-state index < -0.39 is 21.7 Å². The molecule has 1 aromatic heterocycles. The molecule has 1 aliphatic rings. The minimum absolute atomic E-state index is 0.0956. The summed E-state index contributed by atoms with van der Waals surface area (Å²) in [4.78, 5) is 7.90. The summed E-state index contributed by atoms with van der Waals surface area (Å²) < 4.78 is 63.2. The molecule has 0 saturated carbocycles. The molecule has 10 heteroatoms. The van der Waals surface area contributed by atoms with Crippen molar-refractivity contribution in [2.24, 2.45) is 5.92 Å². The lowest BCUT2D eigenvalue weighted by Gasteiger charge is -2.45. The van der Waals surface area contributed by atoms with E-state index in [1.165, 1.54) is 6.07 Å². The van der Waals surface area contributed by atoms with Gasteiger partial charge in [-0.3, -0.25) is 0 Å². The fourth-order valence-electron chi connectivity index (χ4n) is 3.58. The summed E-state index contributed by atoms with van der Waals surface area (Å²) >= 11 is 6.22. The maximum atomic E-state index is 13.2. The molecule has 1 fully saturated rings. The van der Waals surface area contributed by atoms with Crippen molar-refractivity contribution in [1.29, 1.82) is 0 Å². The quantitative estimate of drug-likeness (QED) is 0.670. The van der Waals surface area contributed by atoms with Crippen molar-refractivity contribution >= 4 is 32.9 Å². The average Bonchev–Trinajstić information content (AvgIpc) is 2.66. The van der Waals surface area contributed by atoms with Gasteiger partial charge in [0.05, 0.1) is 16.0 Å². The zero-order valence-electron chi connectivity index (χ0n) is 16.8. The van der Waals surface area contributed by atoms with Crippen molar-refractivity contribution in [1.82, 2.24) is 4.98 Å². The van der Waals surface area contributed by atoms with Crippen LogP contribution in [0, 0.1) is 5.92 Å². The lowest BCUT2D eigenvalue weighted by atomic mass is 9.99. The van der Waals surface area contributed by atoms with E-state index in [0.29, 0.717) is 19.6 Å². The predicted molar refractivity (Wildman–Crippen MR) is 112 cm³/mol. The number of anilines is 2. The van der Waals surface area contributed by atoms with Crippen LogP contribution in [-0.2, 0) is 16.0 Å². The Morgan fingerprint density at radius 3 is 2.47 bits per heavy atom. The topological polar surface area (TPSA) is 53.5 Å². The van der Waals surface area contributed by atoms with Gasteiger partial charge in [-0.05, 0) is 36.2 Å². The molecule has 0 aliphatic carbocycles. The molecule has 1 aromatic carbocycles. The van der Waals surface area contributed by atoms with Gasteiger partial charge in [0.2, 0.25) is 0 Å². The molecule has 1 saturated heterocycles. The highest BCUT2D eigenvalue weighted by atomic mass is 35.5. The second-order valence-electron chi connectivity index (χ2n) is 7.72. The first-order valence-corrected chi connectivity index (χ1v) is 11.7. The summed E-state index contributed by atoms with van der Waals surface area (Å²) in [7, 11) is -3.34. The molecule has 0 spiro atoms. The third-order valence-electron chi connectivity index (χ3n) is 5.19. The molecule has 2 heterocycles. The second-order valence-corrected chi connectivity index (χ2v) is 10.1. The van der Waals surface area contributed by atoms with E-state index in [2.05, 4.69) is 4.98 Å². The van der Waals surface area contributed by atoms with Gasteiger partial charge in [0.1, 0.15) is 11.5 Å². The van der Waals surface area contributed by atoms with Gasteiger partial charge in [-0.2, -0.15) is 13.2 Å². The Morgan fingerprint density at radius 2 is 1.87 bits per heavy atom. The summed E-state index contributed by atoms with van der Waals surface area (Å²) in [6.07, 6.45) is -3.40. The summed E-state index contributed by atoms with van der Waals surface area (Å²) in [5.41, 5.74) is -0.223. The molecule has 1 aliphatic heterocycles. The first kappa shape index (κ1) is 22.7. The number of hydrogen-bond donors (Lipinski definition) is 0. The van der Waals surface area contributed by atoms with Crippen LogP contribution < -0.4 is 9.80 Å². The molecule has 0 N–H and O–H groups in total. The van der Waals surface area contributed by atoms with E-state index in [1.807, 2.05) is 29.7 Å². The zero-order chi connectivity index (χ0) is 22.3. The summed E-state index contributed by atoms with van der Waals surface area (Å²) in [6, 6.07) is 8.63. The number of rotatable bonds is 4. The van der Waals surface area contributed by atoms with Crippen LogP contribution >= 0.6 is 11.6 Å². The van der Waals surface area contributed by atoms with Crippen molar-refractivity contribution in [3.63, 3.8) is 0 Å². The third kappa shape index (κ3) is 4.83. The number of hydrogen-bond acceptors (Lipinski definition) is 5. The highest BCUT2D eigenvalue weighted by molar-refractivity contribution is 7.90. The van der Waals surface area contributed by atoms with Gasteiger partial charge in [-0.15, -0.1) is 0 Å². The number of alkyl halides is 3. The van der Waals surface area contributed by atoms with Crippen LogP contribution in [0.1, 0.15) is 19.5 Å². The zero-order valence-corrected chi connectivity index (χ0v) is 18.4. The van der Waals surface area contributed by atoms with Crippen LogP contribution in [0.5, 0.6) is 0 Å². The number of halogens is 4. The smallest absolute Gasteiger partial charge is 0.368 e. The standard InChI is InChI=1S/C20H23ClF3N3O2S/c1-13(2)17-12-26(14-5-4-6-15(11-14)30(3,28)29)9-10-27(17)19-16(21)7-8-18(25-19)20(22,23)24/h4-8,11,13,17H,9-10,12H2,1-3H3/t17-/m0/s1. The first-order chi connectivity index (χ1) is 13.9. The Labute approximate surface area is 179 Å². The molecule has 5 nitrogen and oxygen atoms in total. The van der Waals surface area contributed by atoms with Gasteiger partial charge in [-0.25, -0.2) is 13.4 Å². The Hall–Kier alpha value is -2.00. The molecular formula is C20H23ClF3N3O2S. The number of piperazine rings is 1. The van der Waals surface area contributed by atoms with Gasteiger partial charge in [0.15, 0.2) is 9.84 Å². The predicted octanol–water partition coefficient (Wildman–Crippen LogP) is 4.51. The number of pyridine rings is 1. The maximum Gasteiger partial charge on any atom is 0.433 e. The van der Waals surface area contributed by atoms with Gasteiger partial charge in [0, 0.05) is 31.6 Å². The lowest BCUT2D eigenvalue weighted by Crippen LogP contribution is -2.56. The molecule has 0 radical (unpaired) electrons. The van der Waals surface area contributed by atoms with Crippen LogP contribution in [0.15, 0.2) is 41.3 Å². The molecular weight excluding hydrogens is 439 g/mol. The Bertz CT molecular complexity index is 1030. The number of benzene rings is 1. The molecule has 0 bridgehead atoms. The number of nitrogens with zero attached hydrogens (tertiary/aromatic N) is 3. The van der Waals surface area contributed by atoms with E-state index in [1.54, 1.807) is 18.2 Å². The molecule has 164 valence electrons. The molecule has 1 atom stereocenters. The lowest BCUT2D eigenvalue weighted by molar-refractivity contribution is -0.141. The Balaban J connectivity index is 1.93. The minimum Gasteiger partial charge on any atom is -0.368 e. The van der Waals surface area contributed by atoms with Crippen LogP contribution in [-0.4, -0.2) is 45.3 Å². The van der Waals surface area contributed by atoms with Gasteiger partial charge >= 0.3 is 6.18 Å². The fraction of sp³-hybridized carbons (Fsp3) is 0.450. The van der Waals surface area contributed by atoms with E-state index in [-0.39, 0.29) is 27.7 Å². The maximum absolute atomic E-state index is 13.2. The molecule has 3 rings (SSSR count). The molecule has 0 unspecified atom stereocenters. The summed E-state index contributed by atoms with van der Waals surface area (Å²) in [6.45, 7) is 5.36. The van der Waals surface area contributed by atoms with E-state index >= 15 is 0 Å². The van der Waals surface area contributed by atoms with Crippen LogP contribution in [0.2, 0.25) is 5.02 Å². The molecule has 2 aromatic rings. The van der Waals surface area contributed by atoms with Gasteiger partial charge < -0.3 is 9.80 Å². The highest BCUT2D eigenvalue weighted by Crippen LogP contribution is 2.35. The van der Waals surface area contributed by atoms with E-state index in [0.717, 1.165) is 18.0 Å². The van der Waals surface area contributed by atoms with E-state index in [4.69, 9.17) is 11.6 Å². The largest absolute Gasteiger partial charge is 0.433 e. The van der Waals surface area contributed by atoms with Crippen LogP contribution in [0.3, 0.4) is 0 Å². The second kappa shape index (κ2) is 8.26. The summed E-state index contributed by atoms with van der Waals surface area (Å²) in [5.74, 6) is 0.216. The van der Waals surface area contributed by atoms with Gasteiger partial charge in [0.25, 0.3) is 0 Å². The monoisotopic (exact) mass is 461 g/mol. The van der Waals surface area contributed by atoms with Crippen LogP contribution in [0.4, 0.5) is 24.7 Å². The number of aromatic nitrogens is 1. The first-order valence-electron chi connectivity index (χ1n) is 9.43. The summed E-state index contributed by atoms with van der Waals surface area (Å²) in [5, 5.41) is 0.168. The van der Waals surface area contributed by atoms with Crippen molar-refractivity contribution in [2.75, 3.05) is 35.7 Å². The third-order valence-corrected chi connectivity index (χ3v) is 6.59. The molecule has 0 amide bonds. The fourth-order valence-corrected chi connectivity index (χ4v) is 4.45. The van der Waals surface area contributed by atoms with Gasteiger partial charge in [-0.1, -0.05) is 31.5 Å². The van der Waals surface area contributed by atoms with E-state index in [9.17, 15) is 21.6 Å². The Kier molecular flexibility index (Phi) is 6.25. The highest BCUT2D eigenvalue weighted by Gasteiger charge is 2.36. The normalized spacial score (nSPS) is 18.2. The van der Waals surface area contributed by atoms with Crippen molar-refractivity contribution in [3.8, 4) is 0 Å². The molecule has 30 heavy (non-hydrogen) atoms. The average molecular weight is 462 g/mol.